The maximum Gasteiger partial charge on any atom is 0.329 e. The number of halogens is 1. The van der Waals surface area contributed by atoms with Crippen LogP contribution < -0.4 is 11.2 Å². The zero-order valence-electron chi connectivity index (χ0n) is 12.1. The van der Waals surface area contributed by atoms with Gasteiger partial charge in [-0.2, -0.15) is 0 Å². The number of H-pyrrole nitrogens is 1. The Morgan fingerprint density at radius 2 is 2.10 bits per heavy atom. The summed E-state index contributed by atoms with van der Waals surface area (Å²) in [6, 6.07) is 0.248. The maximum absolute atomic E-state index is 12.4. The second-order valence-electron chi connectivity index (χ2n) is 5.52. The fraction of sp³-hybridized carbons (Fsp3) is 0.714. The molecule has 0 aliphatic carbocycles. The van der Waals surface area contributed by atoms with Gasteiger partial charge in [0.2, 0.25) is 0 Å². The van der Waals surface area contributed by atoms with Gasteiger partial charge < -0.3 is 4.90 Å². The van der Waals surface area contributed by atoms with Gasteiger partial charge in [0, 0.05) is 12.6 Å². The first kappa shape index (κ1) is 15.3. The van der Waals surface area contributed by atoms with Gasteiger partial charge in [0.25, 0.3) is 5.56 Å². The molecule has 2 heterocycles. The Hall–Kier alpha value is -1.07. The van der Waals surface area contributed by atoms with Crippen molar-refractivity contribution < 1.29 is 0 Å². The lowest BCUT2D eigenvalue weighted by Gasteiger charge is -2.32. The minimum atomic E-state index is -0.404. The molecule has 1 saturated heterocycles. The highest BCUT2D eigenvalue weighted by Crippen LogP contribution is 2.16. The minimum Gasteiger partial charge on any atom is -0.302 e. The molecule has 0 aromatic carbocycles. The summed E-state index contributed by atoms with van der Waals surface area (Å²) < 4.78 is 1.31. The van der Waals surface area contributed by atoms with Crippen LogP contribution >= 0.6 is 11.6 Å². The smallest absolute Gasteiger partial charge is 0.302 e. The molecule has 1 aliphatic rings. The van der Waals surface area contributed by atoms with Crippen molar-refractivity contribution in [2.45, 2.75) is 51.6 Å². The number of likely N-dealkylation sites (N-methyl/N-ethyl adjacent to an activating group) is 1. The van der Waals surface area contributed by atoms with Crippen LogP contribution in [0.3, 0.4) is 0 Å². The highest BCUT2D eigenvalue weighted by Gasteiger charge is 2.21. The van der Waals surface area contributed by atoms with Gasteiger partial charge in [-0.15, -0.1) is 0 Å². The molecular weight excluding hydrogens is 278 g/mol. The summed E-state index contributed by atoms with van der Waals surface area (Å²) >= 11 is 5.98. The van der Waals surface area contributed by atoms with E-state index in [4.69, 9.17) is 11.6 Å². The van der Waals surface area contributed by atoms with Gasteiger partial charge in [-0.1, -0.05) is 31.4 Å². The van der Waals surface area contributed by atoms with Crippen molar-refractivity contribution in [1.29, 1.82) is 0 Å². The second-order valence-corrected chi connectivity index (χ2v) is 5.90. The molecule has 0 bridgehead atoms. The van der Waals surface area contributed by atoms with Crippen LogP contribution in [-0.4, -0.2) is 34.1 Å². The van der Waals surface area contributed by atoms with Crippen LogP contribution in [0.15, 0.2) is 9.59 Å². The molecule has 0 radical (unpaired) electrons. The molecule has 1 unspecified atom stereocenters. The Labute approximate surface area is 123 Å². The number of aromatic amines is 1. The molecule has 0 amide bonds. The van der Waals surface area contributed by atoms with Crippen molar-refractivity contribution in [2.24, 2.45) is 0 Å². The lowest BCUT2D eigenvalue weighted by atomic mass is 10.0. The highest BCUT2D eigenvalue weighted by atomic mass is 35.5. The van der Waals surface area contributed by atoms with Crippen LogP contribution in [0.5, 0.6) is 0 Å². The molecule has 2 rings (SSSR count). The fourth-order valence-electron chi connectivity index (χ4n) is 2.80. The van der Waals surface area contributed by atoms with Gasteiger partial charge in [0.05, 0.1) is 5.56 Å². The molecule has 1 atom stereocenters. The Morgan fingerprint density at radius 1 is 1.35 bits per heavy atom. The fourth-order valence-corrected chi connectivity index (χ4v) is 3.06. The van der Waals surface area contributed by atoms with Crippen molar-refractivity contribution in [3.63, 3.8) is 0 Å². The number of nitrogens with zero attached hydrogens (tertiary/aromatic N) is 2. The molecule has 20 heavy (non-hydrogen) atoms. The minimum absolute atomic E-state index is 0.190. The number of hydrogen-bond acceptors (Lipinski definition) is 3. The lowest BCUT2D eigenvalue weighted by Crippen LogP contribution is -2.46. The number of likely N-dealkylation sites (tertiary alicyclic amines) is 1. The van der Waals surface area contributed by atoms with Crippen LogP contribution in [0.25, 0.3) is 0 Å². The van der Waals surface area contributed by atoms with E-state index in [0.29, 0.717) is 18.5 Å². The third kappa shape index (κ3) is 3.15. The van der Waals surface area contributed by atoms with E-state index in [0.717, 1.165) is 25.8 Å². The number of piperidine rings is 1. The van der Waals surface area contributed by atoms with Crippen LogP contribution in [0.1, 0.15) is 38.2 Å². The number of rotatable bonds is 4. The predicted octanol–water partition coefficient (Wildman–Crippen LogP) is 1.63. The van der Waals surface area contributed by atoms with Crippen LogP contribution in [0.2, 0.25) is 5.15 Å². The molecule has 6 heteroatoms. The van der Waals surface area contributed by atoms with E-state index in [1.807, 2.05) is 14.0 Å². The number of nitrogens with one attached hydrogen (secondary N) is 1. The summed E-state index contributed by atoms with van der Waals surface area (Å²) in [5, 5.41) is 0.190. The van der Waals surface area contributed by atoms with E-state index in [-0.39, 0.29) is 16.8 Å². The number of aromatic nitrogens is 2. The van der Waals surface area contributed by atoms with Gasteiger partial charge in [-0.05, 0) is 32.9 Å². The molecule has 1 aromatic rings. The summed E-state index contributed by atoms with van der Waals surface area (Å²) in [6.45, 7) is 3.45. The average molecular weight is 300 g/mol. The molecule has 5 nitrogen and oxygen atoms in total. The van der Waals surface area contributed by atoms with Crippen molar-refractivity contribution in [1.82, 2.24) is 14.5 Å². The zero-order valence-corrected chi connectivity index (χ0v) is 12.9. The molecule has 112 valence electrons. The van der Waals surface area contributed by atoms with Crippen molar-refractivity contribution in [3.05, 3.63) is 31.6 Å². The van der Waals surface area contributed by atoms with Gasteiger partial charge in [0.15, 0.2) is 0 Å². The van der Waals surface area contributed by atoms with E-state index in [1.54, 1.807) is 0 Å². The Morgan fingerprint density at radius 3 is 2.75 bits per heavy atom. The first-order valence-electron chi connectivity index (χ1n) is 7.26. The SMILES string of the molecule is CCCc1c(Cl)[nH]c(=O)n(CC2CCCCN2C)c1=O. The van der Waals surface area contributed by atoms with E-state index in [9.17, 15) is 9.59 Å². The van der Waals surface area contributed by atoms with Crippen LogP contribution in [0.4, 0.5) is 0 Å². The Kier molecular flexibility index (Phi) is 5.05. The molecule has 1 N–H and O–H groups in total. The first-order valence-corrected chi connectivity index (χ1v) is 7.64. The summed E-state index contributed by atoms with van der Waals surface area (Å²) in [7, 11) is 2.05. The topological polar surface area (TPSA) is 58.1 Å². The summed E-state index contributed by atoms with van der Waals surface area (Å²) in [5.74, 6) is 0. The van der Waals surface area contributed by atoms with E-state index in [2.05, 4.69) is 9.88 Å². The van der Waals surface area contributed by atoms with Gasteiger partial charge in [-0.25, -0.2) is 4.79 Å². The molecule has 0 saturated carbocycles. The first-order chi connectivity index (χ1) is 9.54. The van der Waals surface area contributed by atoms with E-state index < -0.39 is 5.69 Å². The van der Waals surface area contributed by atoms with Gasteiger partial charge >= 0.3 is 5.69 Å². The molecule has 1 aromatic heterocycles. The van der Waals surface area contributed by atoms with Crippen molar-refractivity contribution in [3.8, 4) is 0 Å². The summed E-state index contributed by atoms with van der Waals surface area (Å²) in [4.78, 5) is 29.2. The van der Waals surface area contributed by atoms with Crippen LogP contribution in [0, 0.1) is 0 Å². The zero-order chi connectivity index (χ0) is 14.7. The largest absolute Gasteiger partial charge is 0.329 e. The quantitative estimate of drug-likeness (QED) is 0.860. The third-order valence-corrected chi connectivity index (χ3v) is 4.37. The molecule has 1 fully saturated rings. The average Bonchev–Trinajstić information content (AvgIpc) is 2.41. The Bertz CT molecular complexity index is 579. The van der Waals surface area contributed by atoms with E-state index in [1.165, 1.54) is 11.0 Å². The summed E-state index contributed by atoms with van der Waals surface area (Å²) in [6.07, 6.45) is 4.77. The number of hydrogen-bond donors (Lipinski definition) is 1. The molecule has 0 spiro atoms. The highest BCUT2D eigenvalue weighted by molar-refractivity contribution is 6.30. The normalized spacial score (nSPS) is 20.2. The maximum atomic E-state index is 12.4. The van der Waals surface area contributed by atoms with Crippen molar-refractivity contribution in [2.75, 3.05) is 13.6 Å². The van der Waals surface area contributed by atoms with Crippen LogP contribution in [-0.2, 0) is 13.0 Å². The molecular formula is C14H22ClN3O2. The monoisotopic (exact) mass is 299 g/mol. The molecule has 1 aliphatic heterocycles. The predicted molar refractivity (Wildman–Crippen MR) is 80.6 cm³/mol. The third-order valence-electron chi connectivity index (χ3n) is 4.04. The van der Waals surface area contributed by atoms with Crippen molar-refractivity contribution >= 4 is 11.6 Å². The second kappa shape index (κ2) is 6.59. The summed E-state index contributed by atoms with van der Waals surface area (Å²) in [5.41, 5.74) is -0.120. The lowest BCUT2D eigenvalue weighted by molar-refractivity contribution is 0.164. The Balaban J connectivity index is 2.33. The van der Waals surface area contributed by atoms with Gasteiger partial charge in [0.1, 0.15) is 5.15 Å². The van der Waals surface area contributed by atoms with Gasteiger partial charge in [-0.3, -0.25) is 14.3 Å². The van der Waals surface area contributed by atoms with E-state index >= 15 is 0 Å². The standard InChI is InChI=1S/C14H22ClN3O2/c1-3-6-11-12(15)16-14(20)18(13(11)19)9-10-7-4-5-8-17(10)2/h10H,3-9H2,1-2H3,(H,16,20).